The Hall–Kier alpha value is -3.46. The van der Waals surface area contributed by atoms with Crippen LogP contribution in [0.25, 0.3) is 22.5 Å². The van der Waals surface area contributed by atoms with Gasteiger partial charge in [0.1, 0.15) is 14.7 Å². The zero-order valence-electron chi connectivity index (χ0n) is 19.9. The Bertz CT molecular complexity index is 1280. The fourth-order valence-electron chi connectivity index (χ4n) is 4.94. The molecule has 1 aromatic heterocycles. The fraction of sp³-hybridized carbons (Fsp3) is 0.375. The second-order valence-corrected chi connectivity index (χ2v) is 8.73. The van der Waals surface area contributed by atoms with Crippen molar-refractivity contribution in [3.63, 3.8) is 0 Å². The highest BCUT2D eigenvalue weighted by Crippen LogP contribution is 2.38. The van der Waals surface area contributed by atoms with Crippen LogP contribution in [0.3, 0.4) is 0 Å². The number of nitrogens with one attached hydrogen (secondary N) is 1. The third-order valence-corrected chi connectivity index (χ3v) is 6.78. The van der Waals surface area contributed by atoms with Crippen molar-refractivity contribution < 1.29 is 21.7 Å². The molecule has 3 aromatic rings. The van der Waals surface area contributed by atoms with Crippen LogP contribution in [0.2, 0.25) is 0 Å². The lowest BCUT2D eigenvalue weighted by molar-refractivity contribution is 0.174. The Labute approximate surface area is 193 Å². The Balaban J connectivity index is 1.21. The van der Waals surface area contributed by atoms with E-state index in [1.54, 1.807) is 42.6 Å². The molecule has 2 N–H and O–H groups in total. The van der Waals surface area contributed by atoms with Crippen LogP contribution < -0.4 is 19.7 Å². The molecule has 0 unspecified atom stereocenters. The van der Waals surface area contributed by atoms with Gasteiger partial charge in [-0.1, -0.05) is 12.1 Å². The van der Waals surface area contributed by atoms with Crippen molar-refractivity contribution in [2.24, 2.45) is 0 Å². The van der Waals surface area contributed by atoms with E-state index in [-0.39, 0.29) is 23.7 Å². The monoisotopic (exact) mass is 451 g/mol. The predicted molar refractivity (Wildman–Crippen MR) is 120 cm³/mol. The summed E-state index contributed by atoms with van der Waals surface area (Å²) in [5.41, 5.74) is 1.83. The van der Waals surface area contributed by atoms with E-state index in [9.17, 15) is 9.50 Å². The molecular formula is C24H24FN5O3. The summed E-state index contributed by atoms with van der Waals surface area (Å²) in [5.74, 6) is 1.32. The van der Waals surface area contributed by atoms with Crippen molar-refractivity contribution in [1.82, 2.24) is 20.5 Å². The number of halogens is 1. The number of piperidine rings is 1. The van der Waals surface area contributed by atoms with E-state index >= 15 is 0 Å². The molecule has 2 saturated heterocycles. The van der Waals surface area contributed by atoms with Gasteiger partial charge in [-0.15, -0.1) is 10.2 Å². The number of phenolic OH excluding ortho intramolecular Hbond substituents is 1. The summed E-state index contributed by atoms with van der Waals surface area (Å²) in [6, 6.07) is 10.0. The van der Waals surface area contributed by atoms with E-state index in [2.05, 4.69) is 20.5 Å². The van der Waals surface area contributed by atoms with E-state index in [4.69, 9.17) is 12.2 Å². The van der Waals surface area contributed by atoms with Crippen LogP contribution in [0.4, 0.5) is 10.2 Å². The third-order valence-electron chi connectivity index (χ3n) is 6.78. The van der Waals surface area contributed by atoms with Crippen molar-refractivity contribution in [3.05, 3.63) is 42.6 Å². The summed E-state index contributed by atoms with van der Waals surface area (Å²) in [4.78, 5) is 6.19. The topological polar surface area (TPSA) is 92.6 Å². The van der Waals surface area contributed by atoms with Gasteiger partial charge in [0, 0.05) is 19.1 Å². The van der Waals surface area contributed by atoms with Crippen LogP contribution in [0, 0.1) is 0 Å². The molecule has 2 bridgehead atoms. The summed E-state index contributed by atoms with van der Waals surface area (Å²) in [5, 5.41) is 22.5. The smallest absolute Gasteiger partial charge is 0.231 e. The minimum absolute atomic E-state index is 0.0304. The predicted octanol–water partition coefficient (Wildman–Crippen LogP) is 3.31. The van der Waals surface area contributed by atoms with E-state index in [0.717, 1.165) is 18.4 Å². The number of anilines is 1. The van der Waals surface area contributed by atoms with Gasteiger partial charge in [-0.3, -0.25) is 0 Å². The second-order valence-electron chi connectivity index (χ2n) is 8.73. The third kappa shape index (κ3) is 3.52. The highest BCUT2D eigenvalue weighted by Gasteiger charge is 2.43. The molecule has 0 amide bonds. The van der Waals surface area contributed by atoms with E-state index < -0.39 is 12.9 Å². The first-order valence-corrected chi connectivity index (χ1v) is 11.0. The fourth-order valence-corrected chi connectivity index (χ4v) is 4.94. The molecule has 170 valence electrons. The molecule has 33 heavy (non-hydrogen) atoms. The highest BCUT2D eigenvalue weighted by molar-refractivity contribution is 5.74. The summed E-state index contributed by atoms with van der Waals surface area (Å²) >= 11 is 0. The standard InChI is InChI=1S/C24H24FN5O3/c1-30(18-10-15-4-6-17(27-15)23(18)25)22-11-26-24(29-28-22)16-5-2-13(8-19(16)31)14-3-7-20-21(9-14)33-12-32-20/h2-3,5,7-9,11,15,17-18,23,27,31H,4,6,10,12H2,1H3/t15-,17-,18-,23+/m1/s1/i12D2. The van der Waals surface area contributed by atoms with Gasteiger partial charge < -0.3 is 24.8 Å². The number of alkyl halides is 1. The Morgan fingerprint density at radius 3 is 2.76 bits per heavy atom. The Morgan fingerprint density at radius 1 is 1.12 bits per heavy atom. The second kappa shape index (κ2) is 7.84. The quantitative estimate of drug-likeness (QED) is 0.624. The Kier molecular flexibility index (Phi) is 4.28. The summed E-state index contributed by atoms with van der Waals surface area (Å²) in [6.45, 7) is -2.20. The number of phenols is 1. The van der Waals surface area contributed by atoms with Crippen molar-refractivity contribution in [3.8, 4) is 39.8 Å². The molecular weight excluding hydrogens is 425 g/mol. The van der Waals surface area contributed by atoms with Crippen LogP contribution in [-0.2, 0) is 0 Å². The number of fused-ring (bicyclic) bond motifs is 3. The number of aromatic nitrogens is 3. The minimum Gasteiger partial charge on any atom is -0.507 e. The van der Waals surface area contributed by atoms with Crippen molar-refractivity contribution in [2.45, 2.75) is 43.6 Å². The molecule has 4 atom stereocenters. The highest BCUT2D eigenvalue weighted by atomic mass is 19.1. The number of nitrogens with zero attached hydrogens (tertiary/aromatic N) is 4. The molecule has 3 aliphatic rings. The van der Waals surface area contributed by atoms with Gasteiger partial charge in [0.15, 0.2) is 23.1 Å². The van der Waals surface area contributed by atoms with Gasteiger partial charge in [-0.05, 0) is 54.7 Å². The maximum atomic E-state index is 14.9. The number of aromatic hydroxyl groups is 1. The van der Waals surface area contributed by atoms with Crippen molar-refractivity contribution in [1.29, 1.82) is 0 Å². The van der Waals surface area contributed by atoms with E-state index in [1.807, 2.05) is 11.9 Å². The number of ether oxygens (including phenoxy) is 2. The summed E-state index contributed by atoms with van der Waals surface area (Å²) < 4.78 is 40.3. The molecule has 0 aliphatic carbocycles. The molecule has 3 aliphatic heterocycles. The lowest BCUT2D eigenvalue weighted by Crippen LogP contribution is -2.55. The molecule has 0 spiro atoms. The molecule has 4 heterocycles. The number of hydrogen-bond acceptors (Lipinski definition) is 8. The van der Waals surface area contributed by atoms with Crippen LogP contribution >= 0.6 is 0 Å². The van der Waals surface area contributed by atoms with Crippen molar-refractivity contribution >= 4 is 5.82 Å². The normalized spacial score (nSPS) is 27.7. The largest absolute Gasteiger partial charge is 0.507 e. The van der Waals surface area contributed by atoms with E-state index in [0.29, 0.717) is 40.9 Å². The first-order chi connectivity index (χ1) is 16.8. The maximum Gasteiger partial charge on any atom is 0.231 e. The zero-order valence-corrected chi connectivity index (χ0v) is 17.9. The van der Waals surface area contributed by atoms with Gasteiger partial charge >= 0.3 is 0 Å². The number of hydrogen-bond donors (Lipinski definition) is 2. The average molecular weight is 451 g/mol. The van der Waals surface area contributed by atoms with Crippen LogP contribution in [0.5, 0.6) is 17.2 Å². The van der Waals surface area contributed by atoms with Gasteiger partial charge in [0.25, 0.3) is 0 Å². The molecule has 2 fully saturated rings. The summed E-state index contributed by atoms with van der Waals surface area (Å²) in [7, 11) is 1.82. The first kappa shape index (κ1) is 18.0. The SMILES string of the molecule is [2H]C1([2H])Oc2ccc(-c3ccc(-c4ncc(N(C)[C@@H]5C[C@H]6CC[C@@H](N6)[C@@H]5F)nn4)c(O)c3)cc2O1. The number of benzene rings is 2. The van der Waals surface area contributed by atoms with Crippen LogP contribution in [0.15, 0.2) is 42.6 Å². The van der Waals surface area contributed by atoms with Crippen molar-refractivity contribution in [2.75, 3.05) is 18.7 Å². The first-order valence-electron chi connectivity index (χ1n) is 12.0. The molecule has 9 heteroatoms. The molecule has 2 aromatic carbocycles. The molecule has 8 nitrogen and oxygen atoms in total. The zero-order chi connectivity index (χ0) is 24.3. The number of rotatable bonds is 4. The van der Waals surface area contributed by atoms with Gasteiger partial charge in [0.2, 0.25) is 6.75 Å². The minimum atomic E-state index is -2.20. The average Bonchev–Trinajstić information content (AvgIpc) is 3.39. The van der Waals surface area contributed by atoms with Crippen LogP contribution in [-0.4, -0.2) is 58.4 Å². The van der Waals surface area contributed by atoms with Gasteiger partial charge in [-0.25, -0.2) is 9.37 Å². The van der Waals surface area contributed by atoms with Gasteiger partial charge in [0.05, 0.1) is 17.8 Å². The maximum absolute atomic E-state index is 14.9. The Morgan fingerprint density at radius 2 is 1.94 bits per heavy atom. The lowest BCUT2D eigenvalue weighted by atomic mass is 9.96. The molecule has 6 rings (SSSR count). The molecule has 0 saturated carbocycles. The van der Waals surface area contributed by atoms with Gasteiger partial charge in [-0.2, -0.15) is 0 Å². The summed E-state index contributed by atoms with van der Waals surface area (Å²) in [6.07, 6.45) is 3.14. The lowest BCUT2D eigenvalue weighted by Gasteiger charge is -2.38. The molecule has 0 radical (unpaired) electrons. The van der Waals surface area contributed by atoms with Crippen LogP contribution in [0.1, 0.15) is 22.0 Å². The van der Waals surface area contributed by atoms with E-state index in [1.165, 1.54) is 0 Å².